The number of rotatable bonds is 2. The number of aromatic amines is 1. The van der Waals surface area contributed by atoms with Gasteiger partial charge in [0.1, 0.15) is 5.60 Å². The Labute approximate surface area is 106 Å². The van der Waals surface area contributed by atoms with Gasteiger partial charge in [-0.05, 0) is 38.5 Å². The number of carbonyl (C=O) groups is 1. The van der Waals surface area contributed by atoms with Crippen LogP contribution < -0.4 is 0 Å². The van der Waals surface area contributed by atoms with Gasteiger partial charge < -0.3 is 9.72 Å². The number of hydrogen-bond acceptors (Lipinski definition) is 2. The smallest absolute Gasteiger partial charge is 0.340 e. The minimum Gasteiger partial charge on any atom is -0.456 e. The van der Waals surface area contributed by atoms with E-state index in [1.807, 2.05) is 39.0 Å². The first-order chi connectivity index (χ1) is 8.40. The van der Waals surface area contributed by atoms with E-state index in [0.717, 1.165) is 16.5 Å². The molecule has 0 atom stereocenters. The molecule has 0 aliphatic heterocycles. The van der Waals surface area contributed by atoms with Crippen molar-refractivity contribution in [1.82, 2.24) is 4.98 Å². The molecule has 1 N–H and O–H groups in total. The van der Waals surface area contributed by atoms with E-state index < -0.39 is 5.60 Å². The van der Waals surface area contributed by atoms with Gasteiger partial charge >= 0.3 is 5.97 Å². The van der Waals surface area contributed by atoms with Crippen molar-refractivity contribution in [2.75, 3.05) is 0 Å². The molecule has 1 aromatic heterocycles. The van der Waals surface area contributed by atoms with Gasteiger partial charge in [0.25, 0.3) is 0 Å². The molecule has 0 saturated heterocycles. The standard InChI is InChI=1S/C15H17NO2/c1-5-10-6-7-13-11(8-10)12(9-16-13)14(17)18-15(2,3)4/h5-9,16H,1H2,2-4H3. The topological polar surface area (TPSA) is 42.1 Å². The van der Waals surface area contributed by atoms with E-state index in [1.54, 1.807) is 12.3 Å². The molecule has 0 aliphatic rings. The molecule has 0 bridgehead atoms. The number of nitrogens with one attached hydrogen (secondary N) is 1. The molecule has 3 heteroatoms. The van der Waals surface area contributed by atoms with E-state index in [0.29, 0.717) is 5.56 Å². The summed E-state index contributed by atoms with van der Waals surface area (Å²) in [5.74, 6) is -0.310. The summed E-state index contributed by atoms with van der Waals surface area (Å²) in [6.45, 7) is 9.30. The average Bonchev–Trinajstić information content (AvgIpc) is 2.69. The van der Waals surface area contributed by atoms with Gasteiger partial charge in [0.2, 0.25) is 0 Å². The molecule has 0 fully saturated rings. The minimum absolute atomic E-state index is 0.310. The Morgan fingerprint density at radius 1 is 1.39 bits per heavy atom. The summed E-state index contributed by atoms with van der Waals surface area (Å²) < 4.78 is 5.38. The molecule has 0 aliphatic carbocycles. The lowest BCUT2D eigenvalue weighted by molar-refractivity contribution is 0.00719. The molecule has 3 nitrogen and oxygen atoms in total. The van der Waals surface area contributed by atoms with Crippen molar-refractivity contribution < 1.29 is 9.53 Å². The second-order valence-electron chi connectivity index (χ2n) is 5.21. The van der Waals surface area contributed by atoms with Crippen molar-refractivity contribution in [2.24, 2.45) is 0 Å². The number of benzene rings is 1. The number of hydrogen-bond donors (Lipinski definition) is 1. The van der Waals surface area contributed by atoms with Crippen LogP contribution in [0.25, 0.3) is 17.0 Å². The van der Waals surface area contributed by atoms with E-state index in [-0.39, 0.29) is 5.97 Å². The summed E-state index contributed by atoms with van der Waals surface area (Å²) in [5, 5.41) is 0.863. The first-order valence-electron chi connectivity index (χ1n) is 5.87. The maximum absolute atomic E-state index is 12.1. The van der Waals surface area contributed by atoms with Crippen LogP contribution in [0.5, 0.6) is 0 Å². The van der Waals surface area contributed by atoms with E-state index in [9.17, 15) is 4.79 Å². The van der Waals surface area contributed by atoms with E-state index >= 15 is 0 Å². The van der Waals surface area contributed by atoms with Crippen molar-refractivity contribution in [3.05, 3.63) is 42.1 Å². The summed E-state index contributed by atoms with van der Waals surface area (Å²) in [4.78, 5) is 15.1. The predicted molar refractivity (Wildman–Crippen MR) is 73.6 cm³/mol. The van der Waals surface area contributed by atoms with Crippen LogP contribution in [0.1, 0.15) is 36.7 Å². The van der Waals surface area contributed by atoms with Crippen LogP contribution in [-0.4, -0.2) is 16.6 Å². The molecule has 1 aromatic carbocycles. The summed E-state index contributed by atoms with van der Waals surface area (Å²) in [7, 11) is 0. The Bertz CT molecular complexity index is 602. The average molecular weight is 243 g/mol. The number of aromatic nitrogens is 1. The quantitative estimate of drug-likeness (QED) is 0.816. The van der Waals surface area contributed by atoms with Crippen molar-refractivity contribution in [3.8, 4) is 0 Å². The summed E-state index contributed by atoms with van der Waals surface area (Å²) >= 11 is 0. The summed E-state index contributed by atoms with van der Waals surface area (Å²) in [6.07, 6.45) is 3.44. The van der Waals surface area contributed by atoms with Gasteiger partial charge in [0.15, 0.2) is 0 Å². The molecular weight excluding hydrogens is 226 g/mol. The fourth-order valence-corrected chi connectivity index (χ4v) is 1.77. The maximum Gasteiger partial charge on any atom is 0.340 e. The fraction of sp³-hybridized carbons (Fsp3) is 0.267. The van der Waals surface area contributed by atoms with Crippen LogP contribution in [0, 0.1) is 0 Å². The van der Waals surface area contributed by atoms with Crippen LogP contribution >= 0.6 is 0 Å². The molecule has 18 heavy (non-hydrogen) atoms. The monoisotopic (exact) mass is 243 g/mol. The number of carbonyl (C=O) groups excluding carboxylic acids is 1. The maximum atomic E-state index is 12.1. The van der Waals surface area contributed by atoms with Gasteiger partial charge in [-0.3, -0.25) is 0 Å². The van der Waals surface area contributed by atoms with Gasteiger partial charge in [-0.15, -0.1) is 0 Å². The molecule has 2 aromatic rings. The Morgan fingerprint density at radius 3 is 2.72 bits per heavy atom. The van der Waals surface area contributed by atoms with Crippen molar-refractivity contribution in [3.63, 3.8) is 0 Å². The summed E-state index contributed by atoms with van der Waals surface area (Å²) in [6, 6.07) is 5.81. The molecule has 0 radical (unpaired) electrons. The van der Waals surface area contributed by atoms with Gasteiger partial charge in [-0.25, -0.2) is 4.79 Å². The van der Waals surface area contributed by atoms with Crippen LogP contribution in [-0.2, 0) is 4.74 Å². The predicted octanol–water partition coefficient (Wildman–Crippen LogP) is 3.77. The second-order valence-corrected chi connectivity index (χ2v) is 5.21. The number of fused-ring (bicyclic) bond motifs is 1. The molecule has 94 valence electrons. The Kier molecular flexibility index (Phi) is 2.99. The molecular formula is C15H17NO2. The Hall–Kier alpha value is -2.03. The van der Waals surface area contributed by atoms with E-state index in [2.05, 4.69) is 11.6 Å². The third kappa shape index (κ3) is 2.45. The minimum atomic E-state index is -0.489. The lowest BCUT2D eigenvalue weighted by atomic mass is 10.1. The third-order valence-corrected chi connectivity index (χ3v) is 2.56. The van der Waals surface area contributed by atoms with Crippen molar-refractivity contribution in [1.29, 1.82) is 0 Å². The zero-order valence-electron chi connectivity index (χ0n) is 10.9. The Balaban J connectivity index is 2.45. The number of esters is 1. The van der Waals surface area contributed by atoms with Crippen LogP contribution in [0.15, 0.2) is 31.0 Å². The SMILES string of the molecule is C=Cc1ccc2[nH]cc(C(=O)OC(C)(C)C)c2c1. The normalized spacial score (nSPS) is 11.5. The van der Waals surface area contributed by atoms with Crippen LogP contribution in [0.2, 0.25) is 0 Å². The first-order valence-corrected chi connectivity index (χ1v) is 5.87. The van der Waals surface area contributed by atoms with Crippen LogP contribution in [0.4, 0.5) is 0 Å². The molecule has 1 heterocycles. The first kappa shape index (κ1) is 12.4. The second kappa shape index (κ2) is 4.33. The largest absolute Gasteiger partial charge is 0.456 e. The van der Waals surface area contributed by atoms with E-state index in [4.69, 9.17) is 4.74 Å². The molecule has 0 unspecified atom stereocenters. The Morgan fingerprint density at radius 2 is 2.11 bits per heavy atom. The third-order valence-electron chi connectivity index (χ3n) is 2.56. The zero-order valence-corrected chi connectivity index (χ0v) is 10.9. The van der Waals surface area contributed by atoms with E-state index in [1.165, 1.54) is 0 Å². The fourth-order valence-electron chi connectivity index (χ4n) is 1.77. The highest BCUT2D eigenvalue weighted by atomic mass is 16.6. The summed E-state index contributed by atoms with van der Waals surface area (Å²) in [5.41, 5.74) is 1.97. The van der Waals surface area contributed by atoms with Crippen molar-refractivity contribution in [2.45, 2.75) is 26.4 Å². The van der Waals surface area contributed by atoms with Crippen molar-refractivity contribution >= 4 is 22.9 Å². The molecule has 0 spiro atoms. The number of H-pyrrole nitrogens is 1. The highest BCUT2D eigenvalue weighted by Crippen LogP contribution is 2.22. The van der Waals surface area contributed by atoms with Gasteiger partial charge in [-0.1, -0.05) is 18.7 Å². The molecule has 0 saturated carbocycles. The van der Waals surface area contributed by atoms with Crippen LogP contribution in [0.3, 0.4) is 0 Å². The van der Waals surface area contributed by atoms with Gasteiger partial charge in [0.05, 0.1) is 5.56 Å². The highest BCUT2D eigenvalue weighted by molar-refractivity contribution is 6.04. The molecule has 0 amide bonds. The zero-order chi connectivity index (χ0) is 13.3. The number of ether oxygens (including phenoxy) is 1. The lowest BCUT2D eigenvalue weighted by Gasteiger charge is -2.19. The van der Waals surface area contributed by atoms with Gasteiger partial charge in [-0.2, -0.15) is 0 Å². The van der Waals surface area contributed by atoms with Gasteiger partial charge in [0, 0.05) is 17.1 Å². The highest BCUT2D eigenvalue weighted by Gasteiger charge is 2.20. The molecule has 2 rings (SSSR count). The lowest BCUT2D eigenvalue weighted by Crippen LogP contribution is -2.23.